The van der Waals surface area contributed by atoms with Crippen LogP contribution in [0.1, 0.15) is 22.3 Å². The maximum atomic E-state index is 12.6. The second-order valence-electron chi connectivity index (χ2n) is 6.75. The van der Waals surface area contributed by atoms with Crippen molar-refractivity contribution in [1.82, 2.24) is 9.97 Å². The van der Waals surface area contributed by atoms with Gasteiger partial charge in [-0.1, -0.05) is 36.4 Å². The zero-order valence-corrected chi connectivity index (χ0v) is 17.3. The highest BCUT2D eigenvalue weighted by molar-refractivity contribution is 7.17. The van der Waals surface area contributed by atoms with Crippen LogP contribution in [0.15, 0.2) is 66.9 Å². The van der Waals surface area contributed by atoms with Crippen LogP contribution in [-0.4, -0.2) is 27.9 Å². The zero-order chi connectivity index (χ0) is 21.1. The third kappa shape index (κ3) is 4.21. The average Bonchev–Trinajstić information content (AvgIpc) is 3.16. The highest BCUT2D eigenvalue weighted by atomic mass is 32.1. The Kier molecular flexibility index (Phi) is 5.54. The molecule has 4 rings (SSSR count). The number of anilines is 1. The lowest BCUT2D eigenvalue weighted by Gasteiger charge is -2.13. The summed E-state index contributed by atoms with van der Waals surface area (Å²) in [5.74, 6) is -0.973. The number of carbonyl (C=O) groups is 2. The van der Waals surface area contributed by atoms with Crippen LogP contribution in [0.25, 0.3) is 21.5 Å². The highest BCUT2D eigenvalue weighted by Gasteiger charge is 2.23. The lowest BCUT2D eigenvalue weighted by molar-refractivity contribution is -0.123. The zero-order valence-electron chi connectivity index (χ0n) is 16.5. The molecule has 0 bridgehead atoms. The quantitative estimate of drug-likeness (QED) is 0.470. The molecule has 2 aromatic heterocycles. The topological polar surface area (TPSA) is 81.2 Å². The molecule has 0 radical (unpaired) electrons. The number of esters is 1. The fourth-order valence-electron chi connectivity index (χ4n) is 2.96. The number of carbonyl (C=O) groups excluding carboxylic acids is 2. The molecule has 30 heavy (non-hydrogen) atoms. The van der Waals surface area contributed by atoms with Crippen LogP contribution in [-0.2, 0) is 9.53 Å². The first-order valence-electron chi connectivity index (χ1n) is 9.41. The Morgan fingerprint density at radius 1 is 1.03 bits per heavy atom. The molecule has 0 unspecified atom stereocenters. The van der Waals surface area contributed by atoms with Crippen molar-refractivity contribution in [1.29, 1.82) is 0 Å². The Bertz CT molecular complexity index is 1220. The number of thiazole rings is 1. The summed E-state index contributed by atoms with van der Waals surface area (Å²) in [6, 6.07) is 19.0. The van der Waals surface area contributed by atoms with Crippen molar-refractivity contribution in [2.75, 3.05) is 5.32 Å². The summed E-state index contributed by atoms with van der Waals surface area (Å²) in [4.78, 5) is 34.1. The van der Waals surface area contributed by atoms with E-state index in [4.69, 9.17) is 4.74 Å². The van der Waals surface area contributed by atoms with E-state index in [1.807, 2.05) is 60.7 Å². The Balaban J connectivity index is 1.44. The predicted octanol–water partition coefficient (Wildman–Crippen LogP) is 4.85. The van der Waals surface area contributed by atoms with E-state index in [0.29, 0.717) is 27.0 Å². The number of aromatic nitrogens is 2. The molecule has 2 heterocycles. The summed E-state index contributed by atoms with van der Waals surface area (Å²) in [7, 11) is 0. The van der Waals surface area contributed by atoms with Gasteiger partial charge in [0.2, 0.25) is 0 Å². The number of rotatable bonds is 5. The van der Waals surface area contributed by atoms with Crippen LogP contribution in [0.3, 0.4) is 0 Å². The van der Waals surface area contributed by atoms with Gasteiger partial charge >= 0.3 is 5.97 Å². The van der Waals surface area contributed by atoms with E-state index in [2.05, 4.69) is 15.3 Å². The highest BCUT2D eigenvalue weighted by Crippen LogP contribution is 2.27. The van der Waals surface area contributed by atoms with Gasteiger partial charge < -0.3 is 10.1 Å². The Hall–Kier alpha value is -3.58. The minimum Gasteiger partial charge on any atom is -0.448 e. The molecule has 0 saturated heterocycles. The molecule has 4 aromatic rings. The summed E-state index contributed by atoms with van der Waals surface area (Å²) in [6.45, 7) is 3.28. The van der Waals surface area contributed by atoms with E-state index in [9.17, 15) is 9.59 Å². The van der Waals surface area contributed by atoms with Crippen LogP contribution in [0.4, 0.5) is 5.69 Å². The molecule has 1 N–H and O–H groups in total. The molecule has 1 amide bonds. The van der Waals surface area contributed by atoms with Crippen molar-refractivity contribution in [3.8, 4) is 10.7 Å². The van der Waals surface area contributed by atoms with Crippen LogP contribution < -0.4 is 5.32 Å². The van der Waals surface area contributed by atoms with Crippen LogP contribution in [0.2, 0.25) is 0 Å². The fourth-order valence-corrected chi connectivity index (χ4v) is 3.89. The Morgan fingerprint density at radius 3 is 2.57 bits per heavy atom. The predicted molar refractivity (Wildman–Crippen MR) is 118 cm³/mol. The second-order valence-corrected chi connectivity index (χ2v) is 7.75. The van der Waals surface area contributed by atoms with E-state index >= 15 is 0 Å². The maximum Gasteiger partial charge on any atom is 0.351 e. The number of ether oxygens (including phenoxy) is 1. The van der Waals surface area contributed by atoms with Gasteiger partial charge in [-0.2, -0.15) is 0 Å². The molecule has 0 aliphatic heterocycles. The summed E-state index contributed by atoms with van der Waals surface area (Å²) >= 11 is 1.20. The first-order chi connectivity index (χ1) is 14.5. The van der Waals surface area contributed by atoms with E-state index in [0.717, 1.165) is 10.8 Å². The first-order valence-corrected chi connectivity index (χ1v) is 10.2. The summed E-state index contributed by atoms with van der Waals surface area (Å²) < 4.78 is 5.39. The van der Waals surface area contributed by atoms with Gasteiger partial charge in [0, 0.05) is 11.9 Å². The standard InChI is InChI=1S/C23H19N3O3S/c1-14-20(30-22(25-14)19-9-5-6-12-24-19)23(28)29-15(2)21(27)26-18-11-10-16-7-3-4-8-17(16)13-18/h3-13,15H,1-2H3,(H,26,27)/t15-/m1/s1. The maximum absolute atomic E-state index is 12.6. The minimum absolute atomic E-state index is 0.362. The third-order valence-corrected chi connectivity index (χ3v) is 5.70. The molecule has 0 spiro atoms. The normalized spacial score (nSPS) is 11.8. The van der Waals surface area contributed by atoms with Gasteiger partial charge in [0.1, 0.15) is 9.88 Å². The molecule has 0 saturated carbocycles. The van der Waals surface area contributed by atoms with Crippen molar-refractivity contribution < 1.29 is 14.3 Å². The van der Waals surface area contributed by atoms with Crippen LogP contribution in [0, 0.1) is 6.92 Å². The molecule has 0 fully saturated rings. The van der Waals surface area contributed by atoms with Gasteiger partial charge in [-0.05, 0) is 48.9 Å². The number of nitrogens with one attached hydrogen (secondary N) is 1. The monoisotopic (exact) mass is 417 g/mol. The summed E-state index contributed by atoms with van der Waals surface area (Å²) in [5, 5.41) is 5.53. The SMILES string of the molecule is Cc1nc(-c2ccccn2)sc1C(=O)O[C@H](C)C(=O)Nc1ccc2ccccc2c1. The van der Waals surface area contributed by atoms with Crippen LogP contribution in [0.5, 0.6) is 0 Å². The van der Waals surface area contributed by atoms with Crippen molar-refractivity contribution >= 4 is 39.7 Å². The van der Waals surface area contributed by atoms with E-state index in [1.54, 1.807) is 20.0 Å². The van der Waals surface area contributed by atoms with E-state index in [1.165, 1.54) is 11.3 Å². The molecule has 1 atom stereocenters. The average molecular weight is 417 g/mol. The molecule has 7 heteroatoms. The molecular formula is C23H19N3O3S. The number of hydrogen-bond acceptors (Lipinski definition) is 6. The number of aryl methyl sites for hydroxylation is 1. The van der Waals surface area contributed by atoms with Gasteiger partial charge in [-0.25, -0.2) is 9.78 Å². The van der Waals surface area contributed by atoms with Gasteiger partial charge in [0.15, 0.2) is 6.10 Å². The van der Waals surface area contributed by atoms with Crippen LogP contribution >= 0.6 is 11.3 Å². The van der Waals surface area contributed by atoms with Gasteiger partial charge in [-0.3, -0.25) is 9.78 Å². The molecular weight excluding hydrogens is 398 g/mol. The Morgan fingerprint density at radius 2 is 1.80 bits per heavy atom. The second kappa shape index (κ2) is 8.42. The van der Waals surface area contributed by atoms with Crippen molar-refractivity contribution in [3.63, 3.8) is 0 Å². The lowest BCUT2D eigenvalue weighted by Crippen LogP contribution is -2.29. The fraction of sp³-hybridized carbons (Fsp3) is 0.130. The molecule has 150 valence electrons. The molecule has 0 aliphatic carbocycles. The number of pyridine rings is 1. The number of amides is 1. The van der Waals surface area contributed by atoms with E-state index in [-0.39, 0.29) is 0 Å². The number of hydrogen-bond donors (Lipinski definition) is 1. The molecule has 0 aliphatic rings. The van der Waals surface area contributed by atoms with E-state index < -0.39 is 18.0 Å². The smallest absolute Gasteiger partial charge is 0.351 e. The number of benzene rings is 2. The van der Waals surface area contributed by atoms with Crippen molar-refractivity contribution in [2.45, 2.75) is 20.0 Å². The minimum atomic E-state index is -0.955. The summed E-state index contributed by atoms with van der Waals surface area (Å²) in [5.41, 5.74) is 1.88. The van der Waals surface area contributed by atoms with Gasteiger partial charge in [-0.15, -0.1) is 11.3 Å². The lowest BCUT2D eigenvalue weighted by atomic mass is 10.1. The van der Waals surface area contributed by atoms with Crippen molar-refractivity contribution in [2.24, 2.45) is 0 Å². The third-order valence-electron chi connectivity index (χ3n) is 4.54. The number of nitrogens with zero attached hydrogens (tertiary/aromatic N) is 2. The molecule has 2 aromatic carbocycles. The Labute approximate surface area is 177 Å². The number of fused-ring (bicyclic) bond motifs is 1. The summed E-state index contributed by atoms with van der Waals surface area (Å²) in [6.07, 6.45) is 0.715. The van der Waals surface area contributed by atoms with Crippen molar-refractivity contribution in [3.05, 3.63) is 77.4 Å². The molecule has 6 nitrogen and oxygen atoms in total. The first kappa shape index (κ1) is 19.7. The largest absolute Gasteiger partial charge is 0.448 e. The van der Waals surface area contributed by atoms with Gasteiger partial charge in [0.25, 0.3) is 5.91 Å². The van der Waals surface area contributed by atoms with Gasteiger partial charge in [0.05, 0.1) is 11.4 Å².